The topological polar surface area (TPSA) is 127 Å². The van der Waals surface area contributed by atoms with Crippen LogP contribution < -0.4 is 10.1 Å². The molecule has 0 radical (unpaired) electrons. The number of halogens is 6. The number of benzene rings is 2. The van der Waals surface area contributed by atoms with Crippen LogP contribution in [0.15, 0.2) is 48.7 Å². The predicted molar refractivity (Wildman–Crippen MR) is 206 cm³/mol. The van der Waals surface area contributed by atoms with E-state index in [-0.39, 0.29) is 34.8 Å². The highest BCUT2D eigenvalue weighted by Gasteiger charge is 2.39. The minimum atomic E-state index is -4.43. The SMILES string of the molecule is C1NC2CC1C2.Cc1nc2c(F)c(-c3cccc(Cl)c3Cl)c(CCC#N)cc2c2[nH]c(C3CCCN3C(=O)C3CC3)cc12.Oc1cccnc1OCC(F)(F)F. The van der Waals surface area contributed by atoms with Crippen LogP contribution in [0.25, 0.3) is 32.9 Å². The van der Waals surface area contributed by atoms with Gasteiger partial charge in [0, 0.05) is 64.4 Å². The van der Waals surface area contributed by atoms with Crippen LogP contribution in [-0.2, 0) is 11.2 Å². The second-order valence-electron chi connectivity index (χ2n) is 14.7. The van der Waals surface area contributed by atoms with Crippen molar-refractivity contribution in [2.45, 2.75) is 76.6 Å². The maximum absolute atomic E-state index is 16.3. The molecule has 2 aliphatic carbocycles. The Morgan fingerprint density at radius 3 is 2.55 bits per heavy atom. The molecule has 1 amide bonds. The van der Waals surface area contributed by atoms with E-state index in [1.807, 2.05) is 17.9 Å². The number of carbonyl (C=O) groups excluding carboxylic acids is 1. The number of nitriles is 1. The molecule has 5 fully saturated rings. The Bertz CT molecular complexity index is 2290. The number of fused-ring (bicyclic) bond motifs is 4. The molecule has 1 atom stereocenters. The summed E-state index contributed by atoms with van der Waals surface area (Å²) in [6, 6.07) is 14.8. The number of nitrogens with one attached hydrogen (secondary N) is 2. The standard InChI is InChI=1S/C29H25Cl2FN4O.C7H6F3NO2.C5H9N/c1-15-19-14-22(23-8-4-12-36(23)29(37)16-9-10-16)35-27(19)20-13-17(5-3-11-33)24(26(32)28(20)34-15)18-6-2-7-21(30)25(18)31;8-7(9,10)4-13-6-5(12)2-1-3-11-6;1-4-2-5(1)6-3-4/h2,6-7,13-14,16,23,35H,3-5,8-10,12H2,1H3;1-3,12H,4H2;4-6H,1-3H2. The van der Waals surface area contributed by atoms with Gasteiger partial charge in [-0.25, -0.2) is 14.4 Å². The first-order chi connectivity index (χ1) is 26.8. The fraction of sp³-hybridized carbons (Fsp3) is 0.415. The van der Waals surface area contributed by atoms with Crippen molar-refractivity contribution in [1.82, 2.24) is 25.2 Å². The number of aromatic amines is 1. The lowest BCUT2D eigenvalue weighted by molar-refractivity contribution is -0.154. The smallest absolute Gasteiger partial charge is 0.422 e. The molecule has 2 aromatic carbocycles. The number of amides is 1. The van der Waals surface area contributed by atoms with Crippen molar-refractivity contribution in [2.24, 2.45) is 11.8 Å². The number of rotatable bonds is 7. The third-order valence-electron chi connectivity index (χ3n) is 10.7. The largest absolute Gasteiger partial charge is 0.503 e. The van der Waals surface area contributed by atoms with Crippen LogP contribution in [-0.4, -0.2) is 62.8 Å². The lowest BCUT2D eigenvalue weighted by Crippen LogP contribution is -2.31. The van der Waals surface area contributed by atoms with Gasteiger partial charge in [0.05, 0.1) is 27.7 Å². The third-order valence-corrected chi connectivity index (χ3v) is 11.5. The highest BCUT2D eigenvalue weighted by molar-refractivity contribution is 6.43. The summed E-state index contributed by atoms with van der Waals surface area (Å²) in [7, 11) is 0. The summed E-state index contributed by atoms with van der Waals surface area (Å²) in [5.41, 5.74) is 4.17. The van der Waals surface area contributed by atoms with Crippen molar-refractivity contribution in [2.75, 3.05) is 19.7 Å². The average Bonchev–Trinajstić information content (AvgIpc) is 3.55. The molecule has 5 aliphatic rings. The number of likely N-dealkylation sites (tertiary alicyclic amines) is 1. The van der Waals surface area contributed by atoms with Gasteiger partial charge in [-0.1, -0.05) is 35.3 Å². The summed E-state index contributed by atoms with van der Waals surface area (Å²) in [5, 5.41) is 23.8. The molecule has 3 N–H and O–H groups in total. The lowest BCUT2D eigenvalue weighted by Gasteiger charge is -2.24. The summed E-state index contributed by atoms with van der Waals surface area (Å²) >= 11 is 12.8. The molecule has 5 aromatic rings. The van der Waals surface area contributed by atoms with Gasteiger partial charge in [-0.3, -0.25) is 4.79 Å². The third kappa shape index (κ3) is 8.53. The fourth-order valence-corrected chi connectivity index (χ4v) is 8.11. The molecule has 56 heavy (non-hydrogen) atoms. The number of carbonyl (C=O) groups is 1. The van der Waals surface area contributed by atoms with E-state index >= 15 is 4.39 Å². The van der Waals surface area contributed by atoms with E-state index in [0.29, 0.717) is 39.2 Å². The van der Waals surface area contributed by atoms with Crippen LogP contribution in [0.3, 0.4) is 0 Å². The quantitative estimate of drug-likeness (QED) is 0.140. The second-order valence-corrected chi connectivity index (χ2v) is 15.5. The maximum Gasteiger partial charge on any atom is 0.422 e. The highest BCUT2D eigenvalue weighted by Crippen LogP contribution is 2.43. The minimum Gasteiger partial charge on any atom is -0.503 e. The van der Waals surface area contributed by atoms with Gasteiger partial charge in [-0.15, -0.1) is 0 Å². The summed E-state index contributed by atoms with van der Waals surface area (Å²) in [6.45, 7) is 2.49. The molecule has 3 aromatic heterocycles. The van der Waals surface area contributed by atoms with Gasteiger partial charge in [-0.05, 0) is 100 Å². The molecule has 2 bridgehead atoms. The van der Waals surface area contributed by atoms with Crippen LogP contribution in [0, 0.1) is 35.9 Å². The Kier molecular flexibility index (Phi) is 11.6. The van der Waals surface area contributed by atoms with Crippen molar-refractivity contribution < 1.29 is 32.2 Å². The van der Waals surface area contributed by atoms with E-state index in [4.69, 9.17) is 28.3 Å². The molecule has 294 valence electrons. The Labute approximate surface area is 331 Å². The molecule has 15 heteroatoms. The van der Waals surface area contributed by atoms with Crippen molar-refractivity contribution in [3.63, 3.8) is 0 Å². The number of H-pyrrole nitrogens is 1. The number of hydrogen-bond acceptors (Lipinski definition) is 7. The minimum absolute atomic E-state index is 0.0117. The monoisotopic (exact) mass is 810 g/mol. The van der Waals surface area contributed by atoms with Crippen LogP contribution >= 0.6 is 23.2 Å². The van der Waals surface area contributed by atoms with Gasteiger partial charge in [0.1, 0.15) is 5.52 Å². The summed E-state index contributed by atoms with van der Waals surface area (Å²) < 4.78 is 55.5. The van der Waals surface area contributed by atoms with E-state index in [2.05, 4.69) is 37.1 Å². The summed E-state index contributed by atoms with van der Waals surface area (Å²) in [4.78, 5) is 26.5. The molecule has 9 nitrogen and oxygen atoms in total. The van der Waals surface area contributed by atoms with Crippen molar-refractivity contribution >= 4 is 50.9 Å². The van der Waals surface area contributed by atoms with Gasteiger partial charge in [0.15, 0.2) is 18.2 Å². The number of alkyl halides is 3. The summed E-state index contributed by atoms with van der Waals surface area (Å²) in [5.74, 6) is 0.181. The van der Waals surface area contributed by atoms with E-state index in [1.54, 1.807) is 18.2 Å². The first-order valence-corrected chi connectivity index (χ1v) is 19.4. The number of aromatic hydroxyl groups is 1. The van der Waals surface area contributed by atoms with Gasteiger partial charge in [0.2, 0.25) is 5.91 Å². The number of hydrogen-bond donors (Lipinski definition) is 3. The molecule has 1 unspecified atom stereocenters. The highest BCUT2D eigenvalue weighted by atomic mass is 35.5. The number of ether oxygens (including phenoxy) is 1. The lowest BCUT2D eigenvalue weighted by atomic mass is 9.87. The Hall–Kier alpha value is -4.64. The predicted octanol–water partition coefficient (Wildman–Crippen LogP) is 9.76. The van der Waals surface area contributed by atoms with Gasteiger partial charge in [0.25, 0.3) is 5.88 Å². The van der Waals surface area contributed by atoms with E-state index in [9.17, 15) is 23.2 Å². The van der Waals surface area contributed by atoms with Crippen LogP contribution in [0.1, 0.15) is 67.9 Å². The molecule has 6 heterocycles. The van der Waals surface area contributed by atoms with Crippen molar-refractivity contribution in [3.05, 3.63) is 81.5 Å². The molecule has 10 rings (SSSR count). The normalized spacial score (nSPS) is 19.8. The number of pyridine rings is 2. The molecule has 0 spiro atoms. The molecular formula is C41H40Cl2F4N6O3. The van der Waals surface area contributed by atoms with Gasteiger partial charge >= 0.3 is 6.18 Å². The van der Waals surface area contributed by atoms with E-state index < -0.39 is 30.2 Å². The first-order valence-electron chi connectivity index (χ1n) is 18.7. The molecular weight excluding hydrogens is 771 g/mol. The Morgan fingerprint density at radius 2 is 1.91 bits per heavy atom. The molecule has 3 saturated heterocycles. The number of aryl methyl sites for hydroxylation is 2. The Balaban J connectivity index is 0.000000206. The number of aromatic nitrogens is 3. The zero-order valence-electron chi connectivity index (χ0n) is 30.5. The molecule has 3 aliphatic heterocycles. The zero-order valence-corrected chi connectivity index (χ0v) is 32.0. The fourth-order valence-electron chi connectivity index (χ4n) is 7.71. The first kappa shape index (κ1) is 39.6. The zero-order chi connectivity index (χ0) is 39.7. The van der Waals surface area contributed by atoms with Crippen molar-refractivity contribution in [3.8, 4) is 28.8 Å². The summed E-state index contributed by atoms with van der Waals surface area (Å²) in [6.07, 6.45) is 4.15. The van der Waals surface area contributed by atoms with Crippen LogP contribution in [0.2, 0.25) is 10.0 Å². The maximum atomic E-state index is 16.3. The van der Waals surface area contributed by atoms with E-state index in [1.165, 1.54) is 37.7 Å². The Morgan fingerprint density at radius 1 is 1.12 bits per heavy atom. The second kappa shape index (κ2) is 16.5. The van der Waals surface area contributed by atoms with Crippen LogP contribution in [0.5, 0.6) is 11.6 Å². The molecule has 2 saturated carbocycles. The van der Waals surface area contributed by atoms with Gasteiger partial charge < -0.3 is 25.0 Å². The van der Waals surface area contributed by atoms with Gasteiger partial charge in [-0.2, -0.15) is 18.4 Å². The average molecular weight is 812 g/mol. The van der Waals surface area contributed by atoms with Crippen molar-refractivity contribution in [1.29, 1.82) is 5.26 Å². The van der Waals surface area contributed by atoms with E-state index in [0.717, 1.165) is 60.8 Å². The van der Waals surface area contributed by atoms with Crippen LogP contribution in [0.4, 0.5) is 17.6 Å². The number of nitrogens with zero attached hydrogens (tertiary/aromatic N) is 4.